The molecule has 180 valence electrons. The van der Waals surface area contributed by atoms with Crippen LogP contribution >= 0.6 is 0 Å². The maximum atomic E-state index is 12.8. The van der Waals surface area contributed by atoms with Gasteiger partial charge in [0.05, 0.1) is 19.6 Å². The zero-order valence-electron chi connectivity index (χ0n) is 18.4. The van der Waals surface area contributed by atoms with E-state index >= 15 is 0 Å². The van der Waals surface area contributed by atoms with Gasteiger partial charge in [0.15, 0.2) is 11.5 Å². The highest BCUT2D eigenvalue weighted by Crippen LogP contribution is 2.33. The standard InChI is InChI=1S/C23H26N4O7/c1-33-18-7-4-13-8-15(24)21(29)26-16(11-20(25)28)22(30)27-17(23(31)32)9-12-2-5-14(6-3-12)34-19(18)10-13/h2-7,10,15-17H,8-9,11,24H2,1H3,(H2,25,28)(H,26,29)(H,27,30)(H,31,32)/t15-,16-,17-/m0/s1. The van der Waals surface area contributed by atoms with Crippen LogP contribution in [0.1, 0.15) is 17.5 Å². The summed E-state index contributed by atoms with van der Waals surface area (Å²) >= 11 is 0. The maximum absolute atomic E-state index is 12.8. The summed E-state index contributed by atoms with van der Waals surface area (Å²) in [7, 11) is 1.49. The van der Waals surface area contributed by atoms with Crippen molar-refractivity contribution in [1.82, 2.24) is 10.6 Å². The van der Waals surface area contributed by atoms with Crippen molar-refractivity contribution in [3.8, 4) is 17.2 Å². The number of benzene rings is 2. The van der Waals surface area contributed by atoms with Gasteiger partial charge in [-0.3, -0.25) is 14.4 Å². The summed E-state index contributed by atoms with van der Waals surface area (Å²) in [6.45, 7) is 0. The SMILES string of the molecule is COc1ccc2cc1Oc1ccc(cc1)C[C@@H](C(=O)O)NC(=O)[C@H](CC(N)=O)NC(=O)[C@@H](N)C2. The summed E-state index contributed by atoms with van der Waals surface area (Å²) in [5.41, 5.74) is 12.5. The molecule has 0 unspecified atom stereocenters. The number of aliphatic carboxylic acids is 1. The zero-order chi connectivity index (χ0) is 24.8. The first-order valence-corrected chi connectivity index (χ1v) is 10.5. The van der Waals surface area contributed by atoms with Crippen LogP contribution in [0, 0.1) is 0 Å². The lowest BCUT2D eigenvalue weighted by Crippen LogP contribution is -2.56. The van der Waals surface area contributed by atoms with Crippen molar-refractivity contribution in [1.29, 1.82) is 0 Å². The minimum absolute atomic E-state index is 0.0447. The highest BCUT2D eigenvalue weighted by atomic mass is 16.5. The van der Waals surface area contributed by atoms with Crippen molar-refractivity contribution in [3.05, 3.63) is 53.6 Å². The van der Waals surface area contributed by atoms with E-state index in [9.17, 15) is 24.3 Å². The van der Waals surface area contributed by atoms with E-state index in [1.165, 1.54) is 7.11 Å². The van der Waals surface area contributed by atoms with E-state index in [0.29, 0.717) is 28.4 Å². The average molecular weight is 470 g/mol. The molecule has 0 saturated carbocycles. The third kappa shape index (κ3) is 6.23. The van der Waals surface area contributed by atoms with Crippen LogP contribution in [-0.4, -0.2) is 54.0 Å². The first-order chi connectivity index (χ1) is 16.2. The minimum Gasteiger partial charge on any atom is -0.493 e. The Kier molecular flexibility index (Phi) is 7.69. The number of methoxy groups -OCH3 is 1. The molecule has 2 heterocycles. The summed E-state index contributed by atoms with van der Waals surface area (Å²) in [4.78, 5) is 48.7. The van der Waals surface area contributed by atoms with Gasteiger partial charge in [-0.1, -0.05) is 18.2 Å². The molecule has 2 aliphatic heterocycles. The van der Waals surface area contributed by atoms with Crippen molar-refractivity contribution >= 4 is 23.7 Å². The van der Waals surface area contributed by atoms with E-state index in [1.807, 2.05) is 0 Å². The lowest BCUT2D eigenvalue weighted by molar-refractivity contribution is -0.142. The van der Waals surface area contributed by atoms with Crippen LogP contribution in [0.2, 0.25) is 0 Å². The molecule has 11 nitrogen and oxygen atoms in total. The van der Waals surface area contributed by atoms with Gasteiger partial charge >= 0.3 is 5.97 Å². The van der Waals surface area contributed by atoms with Crippen LogP contribution in [0.5, 0.6) is 17.2 Å². The van der Waals surface area contributed by atoms with Crippen molar-refractivity contribution in [2.24, 2.45) is 11.5 Å². The van der Waals surface area contributed by atoms with Crippen LogP contribution in [-0.2, 0) is 32.0 Å². The lowest BCUT2D eigenvalue weighted by atomic mass is 10.0. The van der Waals surface area contributed by atoms with Crippen LogP contribution in [0.4, 0.5) is 0 Å². The number of nitrogens with two attached hydrogens (primary N) is 2. The number of primary amides is 1. The summed E-state index contributed by atoms with van der Waals surface area (Å²) in [5, 5.41) is 14.3. The fraction of sp³-hybridized carbons (Fsp3) is 0.304. The number of ether oxygens (including phenoxy) is 2. The van der Waals surface area contributed by atoms with Crippen LogP contribution < -0.4 is 31.6 Å². The molecular weight excluding hydrogens is 444 g/mol. The number of hydrogen-bond donors (Lipinski definition) is 5. The number of amides is 3. The van der Waals surface area contributed by atoms with E-state index in [4.69, 9.17) is 20.9 Å². The topological polar surface area (TPSA) is 183 Å². The van der Waals surface area contributed by atoms with Gasteiger partial charge in [0.1, 0.15) is 17.8 Å². The second-order valence-electron chi connectivity index (χ2n) is 7.88. The third-order valence-electron chi connectivity index (χ3n) is 5.26. The number of carbonyl (C=O) groups is 4. The van der Waals surface area contributed by atoms with E-state index in [2.05, 4.69) is 10.6 Å². The maximum Gasteiger partial charge on any atom is 0.326 e. The fourth-order valence-electron chi connectivity index (χ4n) is 3.49. The lowest BCUT2D eigenvalue weighted by Gasteiger charge is -2.22. The van der Waals surface area contributed by atoms with Gasteiger partial charge in [-0.15, -0.1) is 0 Å². The minimum atomic E-state index is -1.38. The Morgan fingerprint density at radius 2 is 1.74 bits per heavy atom. The van der Waals surface area contributed by atoms with Crippen LogP contribution in [0.25, 0.3) is 0 Å². The first-order valence-electron chi connectivity index (χ1n) is 10.5. The summed E-state index contributed by atoms with van der Waals surface area (Å²) in [6.07, 6.45) is -0.476. The molecule has 4 rings (SSSR count). The quantitative estimate of drug-likeness (QED) is 0.408. The van der Waals surface area contributed by atoms with Crippen molar-refractivity contribution in [2.45, 2.75) is 37.4 Å². The number of rotatable bonds is 4. The molecule has 11 heteroatoms. The Morgan fingerprint density at radius 3 is 2.35 bits per heavy atom. The zero-order valence-corrected chi connectivity index (χ0v) is 18.4. The Balaban J connectivity index is 2.01. The number of carbonyl (C=O) groups excluding carboxylic acids is 3. The van der Waals surface area contributed by atoms with E-state index in [0.717, 1.165) is 0 Å². The normalized spacial score (nSPS) is 20.9. The summed E-state index contributed by atoms with van der Waals surface area (Å²) in [5.74, 6) is -2.36. The van der Waals surface area contributed by atoms with Gasteiger partial charge in [0.25, 0.3) is 0 Å². The number of fused-ring (bicyclic) bond motifs is 10. The van der Waals surface area contributed by atoms with Crippen molar-refractivity contribution < 1.29 is 33.8 Å². The molecule has 0 radical (unpaired) electrons. The first kappa shape index (κ1) is 24.5. The molecule has 0 aromatic heterocycles. The van der Waals surface area contributed by atoms with E-state index in [1.54, 1.807) is 42.5 Å². The van der Waals surface area contributed by atoms with Gasteiger partial charge in [-0.2, -0.15) is 0 Å². The molecule has 0 aliphatic carbocycles. The molecule has 0 fully saturated rings. The second-order valence-corrected chi connectivity index (χ2v) is 7.88. The molecule has 2 aliphatic rings. The molecule has 3 atom stereocenters. The third-order valence-corrected chi connectivity index (χ3v) is 5.26. The van der Waals surface area contributed by atoms with Gasteiger partial charge < -0.3 is 36.7 Å². The van der Waals surface area contributed by atoms with Gasteiger partial charge in [-0.05, 0) is 41.8 Å². The smallest absolute Gasteiger partial charge is 0.326 e. The molecule has 0 saturated heterocycles. The predicted octanol–water partition coefficient (Wildman–Crippen LogP) is -0.157. The Hall–Kier alpha value is -4.12. The summed E-state index contributed by atoms with van der Waals surface area (Å²) < 4.78 is 11.3. The van der Waals surface area contributed by atoms with Gasteiger partial charge in [0, 0.05) is 6.42 Å². The van der Waals surface area contributed by atoms with Crippen molar-refractivity contribution in [2.75, 3.05) is 7.11 Å². The van der Waals surface area contributed by atoms with Crippen LogP contribution in [0.3, 0.4) is 0 Å². The molecule has 4 bridgehead atoms. The van der Waals surface area contributed by atoms with Crippen LogP contribution in [0.15, 0.2) is 42.5 Å². The summed E-state index contributed by atoms with van der Waals surface area (Å²) in [6, 6.07) is 7.98. The highest BCUT2D eigenvalue weighted by molar-refractivity contribution is 5.94. The predicted molar refractivity (Wildman–Crippen MR) is 120 cm³/mol. The number of carboxylic acids is 1. The molecule has 34 heavy (non-hydrogen) atoms. The number of nitrogens with one attached hydrogen (secondary N) is 2. The second kappa shape index (κ2) is 10.7. The Morgan fingerprint density at radius 1 is 1.06 bits per heavy atom. The Bertz CT molecular complexity index is 1090. The fourth-order valence-corrected chi connectivity index (χ4v) is 3.49. The van der Waals surface area contributed by atoms with E-state index in [-0.39, 0.29) is 12.8 Å². The van der Waals surface area contributed by atoms with E-state index < -0.39 is 48.2 Å². The molecular formula is C23H26N4O7. The molecule has 7 N–H and O–H groups in total. The molecule has 2 aromatic carbocycles. The monoisotopic (exact) mass is 470 g/mol. The Labute approximate surface area is 195 Å². The van der Waals surface area contributed by atoms with Gasteiger partial charge in [0.2, 0.25) is 17.7 Å². The largest absolute Gasteiger partial charge is 0.493 e. The molecule has 2 aromatic rings. The molecule has 3 amide bonds. The van der Waals surface area contributed by atoms with Gasteiger partial charge in [-0.25, -0.2) is 4.79 Å². The average Bonchev–Trinajstić information content (AvgIpc) is 2.78. The highest BCUT2D eigenvalue weighted by Gasteiger charge is 2.29. The number of hydrogen-bond acceptors (Lipinski definition) is 7. The number of carboxylic acid groups (broad SMARTS) is 1. The van der Waals surface area contributed by atoms with Crippen molar-refractivity contribution in [3.63, 3.8) is 0 Å². The molecule has 0 spiro atoms.